The summed E-state index contributed by atoms with van der Waals surface area (Å²) in [5, 5.41) is 2.65. The molecule has 0 atom stereocenters. The fourth-order valence-electron chi connectivity index (χ4n) is 0.991. The Hall–Kier alpha value is -1.03. The average Bonchev–Trinajstić information content (AvgIpc) is 2.17. The molecule has 0 fully saturated rings. The van der Waals surface area contributed by atoms with E-state index in [9.17, 15) is 4.79 Å². The van der Waals surface area contributed by atoms with E-state index in [2.05, 4.69) is 21.2 Å². The van der Waals surface area contributed by atoms with Crippen molar-refractivity contribution >= 4 is 22.0 Å². The van der Waals surface area contributed by atoms with Crippen LogP contribution in [0.15, 0.2) is 28.7 Å². The first kappa shape index (κ1) is 11.0. The zero-order valence-electron chi connectivity index (χ0n) is 7.92. The van der Waals surface area contributed by atoms with Crippen molar-refractivity contribution in [2.24, 2.45) is 0 Å². The maximum atomic E-state index is 11.0. The number of carbonyl (C=O) groups excluding carboxylic acids is 1. The number of benzene rings is 1. The SMILES string of the molecule is CCOC(=O)NCc1ccccc1Br. The molecule has 0 unspecified atom stereocenters. The summed E-state index contributed by atoms with van der Waals surface area (Å²) in [5.41, 5.74) is 1.03. The predicted molar refractivity (Wildman–Crippen MR) is 58.0 cm³/mol. The molecule has 0 radical (unpaired) electrons. The Balaban J connectivity index is 2.46. The molecule has 0 aliphatic carbocycles. The van der Waals surface area contributed by atoms with Crippen LogP contribution in [0, 0.1) is 0 Å². The Morgan fingerprint density at radius 2 is 2.21 bits per heavy atom. The molecule has 3 nitrogen and oxygen atoms in total. The van der Waals surface area contributed by atoms with Crippen LogP contribution in [0.1, 0.15) is 12.5 Å². The third-order valence-electron chi connectivity index (χ3n) is 1.66. The molecular formula is C10H12BrNO2. The van der Waals surface area contributed by atoms with Crippen LogP contribution in [0.3, 0.4) is 0 Å². The number of ether oxygens (including phenoxy) is 1. The van der Waals surface area contributed by atoms with Crippen molar-refractivity contribution in [3.63, 3.8) is 0 Å². The van der Waals surface area contributed by atoms with Crippen LogP contribution in [-0.2, 0) is 11.3 Å². The molecule has 1 rings (SSSR count). The van der Waals surface area contributed by atoms with E-state index < -0.39 is 0 Å². The number of hydrogen-bond acceptors (Lipinski definition) is 2. The van der Waals surface area contributed by atoms with Crippen LogP contribution < -0.4 is 5.32 Å². The van der Waals surface area contributed by atoms with Gasteiger partial charge in [-0.25, -0.2) is 4.79 Å². The molecule has 1 aromatic carbocycles. The van der Waals surface area contributed by atoms with Gasteiger partial charge in [-0.2, -0.15) is 0 Å². The quantitative estimate of drug-likeness (QED) is 0.905. The Kier molecular flexibility index (Phi) is 4.46. The van der Waals surface area contributed by atoms with Gasteiger partial charge < -0.3 is 10.1 Å². The molecule has 0 saturated heterocycles. The van der Waals surface area contributed by atoms with Gasteiger partial charge >= 0.3 is 6.09 Å². The van der Waals surface area contributed by atoms with Crippen molar-refractivity contribution in [1.82, 2.24) is 5.32 Å². The minimum atomic E-state index is -0.386. The second-order valence-corrected chi connectivity index (χ2v) is 3.52. The molecule has 0 saturated carbocycles. The number of rotatable bonds is 3. The fourth-order valence-corrected chi connectivity index (χ4v) is 1.42. The Morgan fingerprint density at radius 1 is 1.50 bits per heavy atom. The molecule has 0 bridgehead atoms. The maximum Gasteiger partial charge on any atom is 0.407 e. The van der Waals surface area contributed by atoms with Crippen molar-refractivity contribution in [2.45, 2.75) is 13.5 Å². The van der Waals surface area contributed by atoms with E-state index in [1.165, 1.54) is 0 Å². The predicted octanol–water partition coefficient (Wildman–Crippen LogP) is 2.70. The number of carbonyl (C=O) groups is 1. The van der Waals surface area contributed by atoms with Crippen LogP contribution in [0.5, 0.6) is 0 Å². The lowest BCUT2D eigenvalue weighted by Gasteiger charge is -2.06. The monoisotopic (exact) mass is 257 g/mol. The van der Waals surface area contributed by atoms with E-state index in [-0.39, 0.29) is 6.09 Å². The second kappa shape index (κ2) is 5.65. The molecule has 4 heteroatoms. The lowest BCUT2D eigenvalue weighted by Crippen LogP contribution is -2.23. The first-order valence-electron chi connectivity index (χ1n) is 4.38. The Morgan fingerprint density at radius 3 is 2.86 bits per heavy atom. The third-order valence-corrected chi connectivity index (χ3v) is 2.43. The molecular weight excluding hydrogens is 246 g/mol. The zero-order valence-corrected chi connectivity index (χ0v) is 9.50. The normalized spacial score (nSPS) is 9.57. The van der Waals surface area contributed by atoms with Gasteiger partial charge in [0.05, 0.1) is 6.61 Å². The number of amides is 1. The fraction of sp³-hybridized carbons (Fsp3) is 0.300. The van der Waals surface area contributed by atoms with Crippen molar-refractivity contribution < 1.29 is 9.53 Å². The molecule has 14 heavy (non-hydrogen) atoms. The minimum absolute atomic E-state index is 0.386. The van der Waals surface area contributed by atoms with Gasteiger partial charge in [0, 0.05) is 11.0 Å². The molecule has 0 aliphatic rings. The minimum Gasteiger partial charge on any atom is -0.450 e. The molecule has 76 valence electrons. The van der Waals surface area contributed by atoms with Crippen LogP contribution in [0.25, 0.3) is 0 Å². The van der Waals surface area contributed by atoms with Gasteiger partial charge in [-0.1, -0.05) is 34.1 Å². The molecule has 0 heterocycles. The van der Waals surface area contributed by atoms with Crippen LogP contribution in [0.2, 0.25) is 0 Å². The molecule has 1 amide bonds. The Labute approximate surface area is 91.6 Å². The van der Waals surface area contributed by atoms with Gasteiger partial charge in [0.1, 0.15) is 0 Å². The highest BCUT2D eigenvalue weighted by Crippen LogP contribution is 2.15. The topological polar surface area (TPSA) is 38.3 Å². The van der Waals surface area contributed by atoms with Crippen molar-refractivity contribution in [3.8, 4) is 0 Å². The van der Waals surface area contributed by atoms with E-state index in [4.69, 9.17) is 4.74 Å². The van der Waals surface area contributed by atoms with Gasteiger partial charge in [-0.05, 0) is 18.6 Å². The van der Waals surface area contributed by atoms with Crippen molar-refractivity contribution in [1.29, 1.82) is 0 Å². The first-order chi connectivity index (χ1) is 6.74. The van der Waals surface area contributed by atoms with Crippen LogP contribution in [-0.4, -0.2) is 12.7 Å². The van der Waals surface area contributed by atoms with Gasteiger partial charge in [0.15, 0.2) is 0 Å². The molecule has 0 spiro atoms. The van der Waals surface area contributed by atoms with E-state index in [1.807, 2.05) is 24.3 Å². The van der Waals surface area contributed by atoms with E-state index in [1.54, 1.807) is 6.92 Å². The maximum absolute atomic E-state index is 11.0. The number of alkyl carbamates (subject to hydrolysis) is 1. The lowest BCUT2D eigenvalue weighted by atomic mass is 10.2. The Bertz CT molecular complexity index is 315. The highest BCUT2D eigenvalue weighted by molar-refractivity contribution is 9.10. The van der Waals surface area contributed by atoms with E-state index in [0.29, 0.717) is 13.2 Å². The third kappa shape index (κ3) is 3.38. The number of nitrogens with one attached hydrogen (secondary N) is 1. The second-order valence-electron chi connectivity index (χ2n) is 2.67. The average molecular weight is 258 g/mol. The number of halogens is 1. The smallest absolute Gasteiger partial charge is 0.407 e. The van der Waals surface area contributed by atoms with Crippen molar-refractivity contribution in [3.05, 3.63) is 34.3 Å². The van der Waals surface area contributed by atoms with Crippen molar-refractivity contribution in [2.75, 3.05) is 6.61 Å². The lowest BCUT2D eigenvalue weighted by molar-refractivity contribution is 0.151. The summed E-state index contributed by atoms with van der Waals surface area (Å²) in [5.74, 6) is 0. The standard InChI is InChI=1S/C10H12BrNO2/c1-2-14-10(13)12-7-8-5-3-4-6-9(8)11/h3-6H,2,7H2,1H3,(H,12,13). The summed E-state index contributed by atoms with van der Waals surface area (Å²) in [6, 6.07) is 7.73. The summed E-state index contributed by atoms with van der Waals surface area (Å²) in [6.07, 6.45) is -0.386. The van der Waals surface area contributed by atoms with Crippen LogP contribution in [0.4, 0.5) is 4.79 Å². The molecule has 0 aliphatic heterocycles. The van der Waals surface area contributed by atoms with Gasteiger partial charge in [0.25, 0.3) is 0 Å². The molecule has 0 aromatic heterocycles. The summed E-state index contributed by atoms with van der Waals surface area (Å²) in [7, 11) is 0. The molecule has 1 N–H and O–H groups in total. The summed E-state index contributed by atoms with van der Waals surface area (Å²) >= 11 is 3.39. The van der Waals surface area contributed by atoms with Gasteiger partial charge in [0.2, 0.25) is 0 Å². The van der Waals surface area contributed by atoms with E-state index in [0.717, 1.165) is 10.0 Å². The largest absolute Gasteiger partial charge is 0.450 e. The van der Waals surface area contributed by atoms with Gasteiger partial charge in [-0.3, -0.25) is 0 Å². The highest BCUT2D eigenvalue weighted by Gasteiger charge is 2.02. The summed E-state index contributed by atoms with van der Waals surface area (Å²) < 4.78 is 5.72. The zero-order chi connectivity index (χ0) is 10.4. The number of hydrogen-bond donors (Lipinski definition) is 1. The molecule has 1 aromatic rings. The highest BCUT2D eigenvalue weighted by atomic mass is 79.9. The first-order valence-corrected chi connectivity index (χ1v) is 5.17. The summed E-state index contributed by atoms with van der Waals surface area (Å²) in [6.45, 7) is 2.64. The van der Waals surface area contributed by atoms with Crippen LogP contribution >= 0.6 is 15.9 Å². The van der Waals surface area contributed by atoms with Gasteiger partial charge in [-0.15, -0.1) is 0 Å². The van der Waals surface area contributed by atoms with E-state index >= 15 is 0 Å². The summed E-state index contributed by atoms with van der Waals surface area (Å²) in [4.78, 5) is 11.0.